The zero-order valence-corrected chi connectivity index (χ0v) is 17.7. The number of aryl methyl sites for hydroxylation is 1. The van der Waals surface area contributed by atoms with Gasteiger partial charge in [0.25, 0.3) is 5.91 Å². The number of fused-ring (bicyclic) bond motifs is 1. The molecule has 5 rings (SSSR count). The summed E-state index contributed by atoms with van der Waals surface area (Å²) in [5.74, 6) is 1.65. The van der Waals surface area contributed by atoms with Crippen LogP contribution in [0.1, 0.15) is 31.4 Å². The van der Waals surface area contributed by atoms with Crippen LogP contribution in [0.15, 0.2) is 24.7 Å². The number of carbonyl (C=O) groups excluding carboxylic acids is 1. The average Bonchev–Trinajstić information content (AvgIpc) is 3.49. The Balaban J connectivity index is 1.51. The average molecular weight is 420 g/mol. The van der Waals surface area contributed by atoms with Crippen molar-refractivity contribution in [3.63, 3.8) is 0 Å². The third kappa shape index (κ3) is 3.14. The van der Waals surface area contributed by atoms with Crippen molar-refractivity contribution in [3.05, 3.63) is 30.4 Å². The van der Waals surface area contributed by atoms with Crippen molar-refractivity contribution in [2.45, 2.75) is 44.2 Å². The fraction of sp³-hybridized carbons (Fsp3) is 0.429. The monoisotopic (exact) mass is 420 g/mol. The molecule has 2 aliphatic rings. The van der Waals surface area contributed by atoms with E-state index in [4.69, 9.17) is 9.72 Å². The van der Waals surface area contributed by atoms with Crippen LogP contribution in [0.25, 0.3) is 22.8 Å². The van der Waals surface area contributed by atoms with Crippen LogP contribution in [0.5, 0.6) is 0 Å². The van der Waals surface area contributed by atoms with E-state index in [0.717, 1.165) is 36.9 Å². The third-order valence-electron chi connectivity index (χ3n) is 6.33. The lowest BCUT2D eigenvalue weighted by molar-refractivity contribution is -0.126. The lowest BCUT2D eigenvalue weighted by Crippen LogP contribution is -2.58. The number of amides is 1. The van der Waals surface area contributed by atoms with E-state index in [2.05, 4.69) is 30.5 Å². The summed E-state index contributed by atoms with van der Waals surface area (Å²) < 4.78 is 5.87. The number of aromatic nitrogens is 6. The Bertz CT molecular complexity index is 1120. The van der Waals surface area contributed by atoms with Gasteiger partial charge >= 0.3 is 0 Å². The Morgan fingerprint density at radius 2 is 2.00 bits per heavy atom. The van der Waals surface area contributed by atoms with E-state index in [0.29, 0.717) is 28.8 Å². The maximum Gasteiger partial charge on any atom is 0.253 e. The Hall–Kier alpha value is -3.40. The molecule has 10 nitrogen and oxygen atoms in total. The van der Waals surface area contributed by atoms with Crippen molar-refractivity contribution in [2.24, 2.45) is 0 Å². The van der Waals surface area contributed by atoms with Gasteiger partial charge in [0.2, 0.25) is 0 Å². The summed E-state index contributed by atoms with van der Waals surface area (Å²) in [7, 11) is 3.42. The van der Waals surface area contributed by atoms with Gasteiger partial charge in [0.15, 0.2) is 17.5 Å². The number of likely N-dealkylation sites (N-methyl/N-ethyl adjacent to an activating group) is 1. The predicted molar refractivity (Wildman–Crippen MR) is 114 cm³/mol. The summed E-state index contributed by atoms with van der Waals surface area (Å²) in [6.45, 7) is 1.92. The number of rotatable bonds is 4. The molecule has 3 aromatic heterocycles. The van der Waals surface area contributed by atoms with Crippen molar-refractivity contribution in [1.82, 2.24) is 30.1 Å². The molecule has 10 heteroatoms. The van der Waals surface area contributed by atoms with Crippen molar-refractivity contribution in [3.8, 4) is 22.8 Å². The van der Waals surface area contributed by atoms with Gasteiger partial charge in [-0.3, -0.25) is 9.69 Å². The lowest BCUT2D eigenvalue weighted by atomic mass is 9.89. The third-order valence-corrected chi connectivity index (χ3v) is 6.33. The molecular weight excluding hydrogens is 396 g/mol. The number of pyridine rings is 1. The SMILES string of the molecule is COC1(C2Nc3nc(-c4ccc(-c5nnc[nH]5)nc4C)cnc3N(C)C2=O)CCCC1. The van der Waals surface area contributed by atoms with E-state index < -0.39 is 11.6 Å². The molecule has 1 atom stereocenters. The number of hydrogen-bond acceptors (Lipinski definition) is 8. The number of hydrogen-bond donors (Lipinski definition) is 2. The van der Waals surface area contributed by atoms with Crippen LogP contribution in [0.3, 0.4) is 0 Å². The number of nitrogens with one attached hydrogen (secondary N) is 2. The van der Waals surface area contributed by atoms with E-state index in [1.807, 2.05) is 19.1 Å². The van der Waals surface area contributed by atoms with Crippen LogP contribution in [0.4, 0.5) is 11.6 Å². The molecule has 1 unspecified atom stereocenters. The van der Waals surface area contributed by atoms with Crippen LogP contribution < -0.4 is 10.2 Å². The molecule has 2 N–H and O–H groups in total. The maximum absolute atomic E-state index is 13.1. The number of methoxy groups -OCH3 is 1. The van der Waals surface area contributed by atoms with E-state index in [1.165, 1.54) is 6.33 Å². The first-order valence-corrected chi connectivity index (χ1v) is 10.3. The standard InChI is InChI=1S/C21H24N8O2/c1-12-13(6-7-14(25-12)17-23-11-24-28-17)15-10-22-19-18(26-15)27-16(20(30)29(19)2)21(31-3)8-4-5-9-21/h6-7,10-11,16H,4-5,8-9H2,1-3H3,(H,26,27)(H,23,24,28). The summed E-state index contributed by atoms with van der Waals surface area (Å²) in [5.41, 5.74) is 2.52. The second-order valence-electron chi connectivity index (χ2n) is 8.05. The minimum atomic E-state index is -0.517. The van der Waals surface area contributed by atoms with Crippen molar-refractivity contribution in [1.29, 1.82) is 0 Å². The summed E-state index contributed by atoms with van der Waals surface area (Å²) in [4.78, 5) is 31.6. The van der Waals surface area contributed by atoms with E-state index in [9.17, 15) is 4.79 Å². The smallest absolute Gasteiger partial charge is 0.253 e. The quantitative estimate of drug-likeness (QED) is 0.660. The highest BCUT2D eigenvalue weighted by atomic mass is 16.5. The van der Waals surface area contributed by atoms with Gasteiger partial charge in [0.05, 0.1) is 17.5 Å². The number of H-pyrrole nitrogens is 1. The van der Waals surface area contributed by atoms with Gasteiger partial charge in [-0.2, -0.15) is 0 Å². The molecule has 1 amide bonds. The van der Waals surface area contributed by atoms with Crippen molar-refractivity contribution < 1.29 is 9.53 Å². The Morgan fingerprint density at radius 3 is 2.68 bits per heavy atom. The van der Waals surface area contributed by atoms with Crippen molar-refractivity contribution in [2.75, 3.05) is 24.4 Å². The second-order valence-corrected chi connectivity index (χ2v) is 8.05. The van der Waals surface area contributed by atoms with Gasteiger partial charge in [-0.25, -0.2) is 15.0 Å². The number of anilines is 2. The molecule has 4 heterocycles. The summed E-state index contributed by atoms with van der Waals surface area (Å²) in [6, 6.07) is 3.32. The van der Waals surface area contributed by atoms with Crippen LogP contribution >= 0.6 is 0 Å². The van der Waals surface area contributed by atoms with Gasteiger partial charge in [-0.1, -0.05) is 12.8 Å². The molecule has 1 saturated carbocycles. The molecule has 3 aromatic rings. The molecule has 1 aliphatic carbocycles. The lowest BCUT2D eigenvalue weighted by Gasteiger charge is -2.41. The zero-order valence-electron chi connectivity index (χ0n) is 17.7. The molecule has 0 saturated heterocycles. The molecule has 0 aromatic carbocycles. The largest absolute Gasteiger partial charge is 0.376 e. The Labute approximate surface area is 179 Å². The summed E-state index contributed by atoms with van der Waals surface area (Å²) >= 11 is 0. The highest BCUT2D eigenvalue weighted by molar-refractivity contribution is 6.03. The minimum absolute atomic E-state index is 0.0486. The fourth-order valence-electron chi connectivity index (χ4n) is 4.59. The summed E-state index contributed by atoms with van der Waals surface area (Å²) in [6.07, 6.45) is 6.97. The fourth-order valence-corrected chi connectivity index (χ4v) is 4.59. The number of aromatic amines is 1. The van der Waals surface area contributed by atoms with Gasteiger partial charge in [-0.05, 0) is 31.9 Å². The maximum atomic E-state index is 13.1. The number of ether oxygens (including phenoxy) is 1. The first-order chi connectivity index (χ1) is 15.0. The zero-order chi connectivity index (χ0) is 21.6. The predicted octanol–water partition coefficient (Wildman–Crippen LogP) is 2.35. The number of carbonyl (C=O) groups is 1. The van der Waals surface area contributed by atoms with Crippen molar-refractivity contribution >= 4 is 17.5 Å². The van der Waals surface area contributed by atoms with Crippen LogP contribution in [0, 0.1) is 6.92 Å². The summed E-state index contributed by atoms with van der Waals surface area (Å²) in [5, 5.41) is 11.2. The first-order valence-electron chi connectivity index (χ1n) is 10.3. The van der Waals surface area contributed by atoms with Crippen LogP contribution in [-0.4, -0.2) is 61.8 Å². The van der Waals surface area contributed by atoms with Crippen LogP contribution in [-0.2, 0) is 9.53 Å². The molecule has 0 spiro atoms. The Kier molecular flexibility index (Phi) is 4.66. The molecule has 1 fully saturated rings. The van der Waals surface area contributed by atoms with Gasteiger partial charge in [0.1, 0.15) is 18.1 Å². The molecule has 160 valence electrons. The highest BCUT2D eigenvalue weighted by Gasteiger charge is 2.49. The first kappa shape index (κ1) is 19.6. The highest BCUT2D eigenvalue weighted by Crippen LogP contribution is 2.41. The molecule has 31 heavy (non-hydrogen) atoms. The number of nitrogens with zero attached hydrogens (tertiary/aromatic N) is 6. The van der Waals surface area contributed by atoms with E-state index >= 15 is 0 Å². The van der Waals surface area contributed by atoms with Crippen LogP contribution in [0.2, 0.25) is 0 Å². The second kappa shape index (κ2) is 7.38. The molecule has 0 radical (unpaired) electrons. The Morgan fingerprint density at radius 1 is 1.19 bits per heavy atom. The minimum Gasteiger partial charge on any atom is -0.376 e. The van der Waals surface area contributed by atoms with Gasteiger partial charge in [-0.15, -0.1) is 10.2 Å². The molecule has 0 bridgehead atoms. The van der Waals surface area contributed by atoms with E-state index in [1.54, 1.807) is 25.3 Å². The van der Waals surface area contributed by atoms with Gasteiger partial charge < -0.3 is 15.0 Å². The molecular formula is C21H24N8O2. The topological polar surface area (TPSA) is 122 Å². The normalized spacial score (nSPS) is 19.9. The van der Waals surface area contributed by atoms with Gasteiger partial charge in [0, 0.05) is 25.4 Å². The van der Waals surface area contributed by atoms with E-state index in [-0.39, 0.29) is 5.91 Å². The molecule has 1 aliphatic heterocycles.